The van der Waals surface area contributed by atoms with Gasteiger partial charge in [0, 0.05) is 37.7 Å². The van der Waals surface area contributed by atoms with Gasteiger partial charge >= 0.3 is 0 Å². The first-order valence-electron chi connectivity index (χ1n) is 10.6. The van der Waals surface area contributed by atoms with Crippen LogP contribution in [0.5, 0.6) is 5.75 Å². The largest absolute Gasteiger partial charge is 0.495 e. The van der Waals surface area contributed by atoms with Gasteiger partial charge in [-0.15, -0.1) is 0 Å². The Morgan fingerprint density at radius 1 is 1.00 bits per heavy atom. The zero-order chi connectivity index (χ0) is 22.8. The number of methoxy groups -OCH3 is 1. The molecule has 1 saturated heterocycles. The lowest BCUT2D eigenvalue weighted by molar-refractivity contribution is -0.120. The van der Waals surface area contributed by atoms with Crippen molar-refractivity contribution in [2.24, 2.45) is 0 Å². The van der Waals surface area contributed by atoms with Gasteiger partial charge in [0.15, 0.2) is 0 Å². The zero-order valence-corrected chi connectivity index (χ0v) is 18.9. The minimum absolute atomic E-state index is 0.0943. The third-order valence-electron chi connectivity index (χ3n) is 5.87. The van der Waals surface area contributed by atoms with Crippen molar-refractivity contribution in [1.29, 1.82) is 0 Å². The Labute approximate surface area is 192 Å². The number of imide groups is 1. The van der Waals surface area contributed by atoms with E-state index in [4.69, 9.17) is 16.3 Å². The highest BCUT2D eigenvalue weighted by atomic mass is 35.5. The molecular weight excluding hydrogens is 430 g/mol. The Morgan fingerprint density at radius 2 is 1.69 bits per heavy atom. The molecule has 2 aromatic carbocycles. The summed E-state index contributed by atoms with van der Waals surface area (Å²) in [5, 5.41) is 9.78. The quantitative estimate of drug-likeness (QED) is 0.675. The van der Waals surface area contributed by atoms with E-state index in [1.54, 1.807) is 36.4 Å². The van der Waals surface area contributed by atoms with E-state index in [0.717, 1.165) is 5.56 Å². The summed E-state index contributed by atoms with van der Waals surface area (Å²) in [4.78, 5) is 32.7. The number of carbonyl (C=O) groups excluding carboxylic acids is 2. The first kappa shape index (κ1) is 22.3. The summed E-state index contributed by atoms with van der Waals surface area (Å²) in [5.74, 6) is -0.282. The van der Waals surface area contributed by atoms with Gasteiger partial charge in [-0.2, -0.15) is 0 Å². The topological polar surface area (TPSA) is 73.3 Å². The molecule has 0 saturated carbocycles. The van der Waals surface area contributed by atoms with Crippen molar-refractivity contribution in [3.8, 4) is 5.75 Å². The molecule has 0 unspecified atom stereocenters. The fourth-order valence-corrected chi connectivity index (χ4v) is 4.34. The third kappa shape index (κ3) is 4.11. The van der Waals surface area contributed by atoms with Gasteiger partial charge in [-0.25, -0.2) is 4.90 Å². The van der Waals surface area contributed by atoms with Gasteiger partial charge in [0.05, 0.1) is 25.0 Å². The normalized spacial score (nSPS) is 17.5. The molecule has 4 rings (SSSR count). The lowest BCUT2D eigenvalue weighted by Gasteiger charge is -2.36. The number of benzene rings is 2. The molecule has 2 heterocycles. The zero-order valence-electron chi connectivity index (χ0n) is 18.2. The second kappa shape index (κ2) is 9.32. The second-order valence-electron chi connectivity index (χ2n) is 7.90. The summed E-state index contributed by atoms with van der Waals surface area (Å²) in [6, 6.07) is 12.4. The van der Waals surface area contributed by atoms with E-state index in [1.807, 2.05) is 17.9 Å². The van der Waals surface area contributed by atoms with Crippen molar-refractivity contribution in [1.82, 2.24) is 9.80 Å². The minimum atomic E-state index is -0.381. The van der Waals surface area contributed by atoms with Gasteiger partial charge < -0.3 is 14.7 Å². The van der Waals surface area contributed by atoms with E-state index in [9.17, 15) is 14.7 Å². The standard InChI is InChI=1S/C24H26ClN3O4/c1-16-3-8-20(32-2)19(15-16)28-23(30)21(17-4-6-18(25)7-5-17)22(24(28)31)27-11-9-26(10-12-27)13-14-29/h3-8,15,29H,9-14H2,1-2H3. The summed E-state index contributed by atoms with van der Waals surface area (Å²) in [7, 11) is 1.52. The molecule has 2 aliphatic heterocycles. The SMILES string of the molecule is COc1ccc(C)cc1N1C(=O)C(c2ccc(Cl)cc2)=C(N2CCN(CCO)CC2)C1=O. The van der Waals surface area contributed by atoms with Gasteiger partial charge in [-0.05, 0) is 42.3 Å². The van der Waals surface area contributed by atoms with Crippen LogP contribution in [-0.2, 0) is 9.59 Å². The monoisotopic (exact) mass is 455 g/mol. The number of carbonyl (C=O) groups is 2. The Bertz CT molecular complexity index is 1060. The predicted molar refractivity (Wildman–Crippen MR) is 124 cm³/mol. The summed E-state index contributed by atoms with van der Waals surface area (Å²) < 4.78 is 5.46. The van der Waals surface area contributed by atoms with Crippen molar-refractivity contribution < 1.29 is 19.4 Å². The second-order valence-corrected chi connectivity index (χ2v) is 8.34. The van der Waals surface area contributed by atoms with Crippen LogP contribution in [0.1, 0.15) is 11.1 Å². The maximum Gasteiger partial charge on any atom is 0.282 e. The number of hydrogen-bond donors (Lipinski definition) is 1. The molecule has 8 heteroatoms. The van der Waals surface area contributed by atoms with Crippen LogP contribution >= 0.6 is 11.6 Å². The molecule has 7 nitrogen and oxygen atoms in total. The molecule has 2 amide bonds. The third-order valence-corrected chi connectivity index (χ3v) is 6.12. The number of aliphatic hydroxyl groups excluding tert-OH is 1. The van der Waals surface area contributed by atoms with Crippen molar-refractivity contribution in [2.45, 2.75) is 6.92 Å². The molecule has 2 aliphatic rings. The summed E-state index contributed by atoms with van der Waals surface area (Å²) in [6.45, 7) is 5.17. The van der Waals surface area contributed by atoms with E-state index in [0.29, 0.717) is 66.0 Å². The van der Waals surface area contributed by atoms with Crippen molar-refractivity contribution in [2.75, 3.05) is 51.3 Å². The Hall–Kier alpha value is -2.87. The number of nitrogens with zero attached hydrogens (tertiary/aromatic N) is 3. The van der Waals surface area contributed by atoms with E-state index >= 15 is 0 Å². The molecule has 168 valence electrons. The number of rotatable bonds is 6. The van der Waals surface area contributed by atoms with Crippen molar-refractivity contribution in [3.63, 3.8) is 0 Å². The molecule has 1 fully saturated rings. The van der Waals surface area contributed by atoms with Gasteiger partial charge in [0.25, 0.3) is 11.8 Å². The molecule has 1 N–H and O–H groups in total. The van der Waals surface area contributed by atoms with Crippen LogP contribution < -0.4 is 9.64 Å². The molecule has 0 spiro atoms. The highest BCUT2D eigenvalue weighted by molar-refractivity contribution is 6.45. The van der Waals surface area contributed by atoms with Crippen LogP contribution in [-0.4, -0.2) is 73.2 Å². The number of aliphatic hydroxyl groups is 1. The average molecular weight is 456 g/mol. The van der Waals surface area contributed by atoms with Gasteiger partial charge in [-0.3, -0.25) is 14.5 Å². The number of hydrogen-bond acceptors (Lipinski definition) is 6. The van der Waals surface area contributed by atoms with Crippen molar-refractivity contribution >= 4 is 34.7 Å². The number of aryl methyl sites for hydroxylation is 1. The Balaban J connectivity index is 1.78. The van der Waals surface area contributed by atoms with Crippen LogP contribution in [0.3, 0.4) is 0 Å². The molecule has 0 radical (unpaired) electrons. The first-order chi connectivity index (χ1) is 15.4. The molecule has 0 atom stereocenters. The summed E-state index contributed by atoms with van der Waals surface area (Å²) >= 11 is 6.06. The number of anilines is 1. The average Bonchev–Trinajstić information content (AvgIpc) is 3.05. The molecule has 32 heavy (non-hydrogen) atoms. The molecular formula is C24H26ClN3O4. The predicted octanol–water partition coefficient (Wildman–Crippen LogP) is 2.55. The van der Waals surface area contributed by atoms with Crippen LogP contribution in [0.25, 0.3) is 5.57 Å². The van der Waals surface area contributed by atoms with Crippen LogP contribution in [0.2, 0.25) is 5.02 Å². The summed E-state index contributed by atoms with van der Waals surface area (Å²) in [5.41, 5.74) is 2.76. The number of amides is 2. The smallest absolute Gasteiger partial charge is 0.282 e. The van der Waals surface area contributed by atoms with Crippen LogP contribution in [0.4, 0.5) is 5.69 Å². The minimum Gasteiger partial charge on any atom is -0.495 e. The van der Waals surface area contributed by atoms with Gasteiger partial charge in [0.1, 0.15) is 11.4 Å². The lowest BCUT2D eigenvalue weighted by Crippen LogP contribution is -2.48. The maximum absolute atomic E-state index is 13.7. The lowest BCUT2D eigenvalue weighted by atomic mass is 10.0. The maximum atomic E-state index is 13.7. The molecule has 2 aromatic rings. The first-order valence-corrected chi connectivity index (χ1v) is 10.9. The van der Waals surface area contributed by atoms with E-state index < -0.39 is 0 Å². The number of β-amino-alcohol motifs (C(OH)–C–C–N with tert-alkyl or cyclic N) is 1. The fraction of sp³-hybridized carbons (Fsp3) is 0.333. The van der Waals surface area contributed by atoms with Crippen molar-refractivity contribution in [3.05, 3.63) is 64.3 Å². The van der Waals surface area contributed by atoms with Crippen LogP contribution in [0.15, 0.2) is 48.2 Å². The number of piperazine rings is 1. The van der Waals surface area contributed by atoms with Gasteiger partial charge in [-0.1, -0.05) is 29.8 Å². The Morgan fingerprint density at radius 3 is 2.31 bits per heavy atom. The fourth-order valence-electron chi connectivity index (χ4n) is 4.22. The van der Waals surface area contributed by atoms with Crippen LogP contribution in [0, 0.1) is 6.92 Å². The highest BCUT2D eigenvalue weighted by Gasteiger charge is 2.44. The molecule has 0 bridgehead atoms. The molecule has 0 aliphatic carbocycles. The van der Waals surface area contributed by atoms with E-state index in [1.165, 1.54) is 12.0 Å². The van der Waals surface area contributed by atoms with E-state index in [-0.39, 0.29) is 18.4 Å². The molecule has 0 aromatic heterocycles. The Kier molecular flexibility index (Phi) is 6.50. The number of ether oxygens (including phenoxy) is 1. The van der Waals surface area contributed by atoms with E-state index in [2.05, 4.69) is 4.90 Å². The summed E-state index contributed by atoms with van der Waals surface area (Å²) in [6.07, 6.45) is 0. The van der Waals surface area contributed by atoms with Gasteiger partial charge in [0.2, 0.25) is 0 Å². The highest BCUT2D eigenvalue weighted by Crippen LogP contribution is 2.39. The number of halogens is 1.